The number of Topliss-reactive ketones (excluding diaryl/α,β-unsaturated/α-hetero) is 1. The van der Waals surface area contributed by atoms with Crippen molar-refractivity contribution in [2.75, 3.05) is 40.1 Å². The molecule has 4 aliphatic rings. The van der Waals surface area contributed by atoms with E-state index in [-0.39, 0.29) is 71.7 Å². The number of hydrogen-bond acceptors (Lipinski definition) is 37. The molecular weight excluding hydrogens is 1800 g/mol. The highest BCUT2D eigenvalue weighted by molar-refractivity contribution is 5.86. The topological polar surface area (TPSA) is 507 Å². The van der Waals surface area contributed by atoms with Gasteiger partial charge >= 0.3 is 59.7 Å². The molecule has 0 radical (unpaired) electrons. The number of unbranched alkanes of at least 4 members (excludes halogenated alkanes) is 2. The minimum Gasteiger partial charge on any atom is -0.469 e. The van der Waals surface area contributed by atoms with Crippen molar-refractivity contribution in [2.45, 2.75) is 328 Å². The van der Waals surface area contributed by atoms with E-state index in [0.717, 1.165) is 55.4 Å². The number of ether oxygens (including phenoxy) is 22. The number of ketones is 1. The molecule has 4 aliphatic heterocycles. The summed E-state index contributed by atoms with van der Waals surface area (Å²) in [4.78, 5) is 202. The Balaban J connectivity index is 1.44. The van der Waals surface area contributed by atoms with Gasteiger partial charge in [0.05, 0.1) is 115 Å². The maximum Gasteiger partial charge on any atom is 0.306 e. The molecule has 8 rings (SSSR count). The van der Waals surface area contributed by atoms with E-state index < -0.39 is 275 Å². The van der Waals surface area contributed by atoms with Crippen molar-refractivity contribution in [3.63, 3.8) is 0 Å². The third-order valence-electron chi connectivity index (χ3n) is 22.1. The summed E-state index contributed by atoms with van der Waals surface area (Å²) in [5, 5.41) is 11.7. The minimum atomic E-state index is -2.10. The molecule has 4 aromatic carbocycles. The van der Waals surface area contributed by atoms with Crippen LogP contribution in [0.3, 0.4) is 0 Å². The highest BCUT2D eigenvalue weighted by Crippen LogP contribution is 2.40. The Morgan fingerprint density at radius 3 is 0.832 bits per heavy atom. The summed E-state index contributed by atoms with van der Waals surface area (Å²) in [5.74, 6) is -12.3. The van der Waals surface area contributed by atoms with Crippen molar-refractivity contribution in [3.05, 3.63) is 144 Å². The fourth-order valence-electron chi connectivity index (χ4n) is 15.5. The van der Waals surface area contributed by atoms with Crippen molar-refractivity contribution in [1.29, 1.82) is 0 Å². The average molecular weight is 1930 g/mol. The molecule has 0 aromatic heterocycles. The standard InChI is InChI=1S/C96H128N4O37/c1-54(101)39-40-76(111)134-86-82(123-51-68-32-22-16-23-33-68)78(98-90(113)72(131-64(11)107)42-47-118-60(7)103)56(3)127-94(86)136-88-84(125-53-70-36-26-18-27-37-70)80(100-92(115)74(133-66(13)109)44-49-120-62(9)105)58(5)129-96(88)137-87-83(124-52-69-34-24-17-25-35-69)79(99-91(114)73(132-65(12)108)43-48-119-61(8)104)57(4)128-95(87)135-85-81(122-50-67-30-20-15-21-31-67)77(97-89(112)71(130-63(10)106)41-46-117-59(6)102)55(2)126-93(85)121-45-29-19-28-38-75(110)116-14/h15-18,20-27,30-37,55-58,71-74,77-88,93-96H,19,28-29,38-53H2,1-14H3,(H,97,112)(H,98,113)(H,99,114)(H,100,115)/t55-,56-,57-,58-,71-,72-,73-,74-,77-,78-,79-,80-,81+,82+,83+,84+,85+,86+,87+,88+,93+,94-,95-,96+/m1/s1. The molecule has 137 heavy (non-hydrogen) atoms. The van der Waals surface area contributed by atoms with Gasteiger partial charge in [-0.15, -0.1) is 0 Å². The molecule has 0 spiro atoms. The maximum absolute atomic E-state index is 15.4. The first kappa shape index (κ1) is 111. The highest BCUT2D eigenvalue weighted by atomic mass is 16.8. The summed E-state index contributed by atoms with van der Waals surface area (Å²) in [6.45, 7) is 13.1. The van der Waals surface area contributed by atoms with E-state index >= 15 is 14.4 Å². The third kappa shape index (κ3) is 37.2. The van der Waals surface area contributed by atoms with Crippen molar-refractivity contribution in [3.8, 4) is 0 Å². The van der Waals surface area contributed by atoms with Gasteiger partial charge in [-0.1, -0.05) is 128 Å². The normalized spacial score (nSPS) is 25.4. The third-order valence-corrected chi connectivity index (χ3v) is 22.1. The lowest BCUT2D eigenvalue weighted by Crippen LogP contribution is -2.71. The molecule has 0 aliphatic carbocycles. The first-order valence-electron chi connectivity index (χ1n) is 45.5. The second-order valence-electron chi connectivity index (χ2n) is 33.1. The SMILES string of the molecule is COC(=O)CCCCCO[C@H]1O[C@H](C)[C@@H](NC(=O)[C@@H](CCOC(C)=O)OC(C)=O)[C@H](OCc2ccccc2)[C@@H]1O[C@H]1O[C@H](C)[C@@H](NC(=O)[C@@H](CCOC(C)=O)OC(C)=O)[C@H](OCc2ccccc2)[C@@H]1O[C@@H]1O[C@H](C)[C@@H](NC(=O)[C@@H](CCOC(C)=O)OC(C)=O)[C@H](OCc2ccccc2)[C@@H]1O[C@H]1O[C@H](C)[C@@H](NC(=O)[C@@H](CCOC(C)=O)OC(C)=O)[C@H](OCc2ccccc2)[C@@H]1OC(=O)CCC(C)=O. The molecule has 4 saturated heterocycles. The van der Waals surface area contributed by atoms with Gasteiger partial charge in [-0.3, -0.25) is 67.1 Å². The molecule has 0 saturated carbocycles. The molecule has 4 amide bonds. The lowest BCUT2D eigenvalue weighted by Gasteiger charge is -2.52. The van der Waals surface area contributed by atoms with Gasteiger partial charge < -0.3 is 130 Å². The lowest BCUT2D eigenvalue weighted by atomic mass is 9.92. The molecule has 754 valence electrons. The molecule has 4 fully saturated rings. The number of benzene rings is 4. The van der Waals surface area contributed by atoms with Crippen LogP contribution in [0, 0.1) is 0 Å². The molecule has 0 unspecified atom stereocenters. The van der Waals surface area contributed by atoms with Crippen LogP contribution in [-0.4, -0.2) is 276 Å². The van der Waals surface area contributed by atoms with Crippen LogP contribution in [0.15, 0.2) is 121 Å². The van der Waals surface area contributed by atoms with Gasteiger partial charge in [0.25, 0.3) is 23.6 Å². The Labute approximate surface area is 794 Å². The number of rotatable bonds is 53. The number of amides is 4. The Morgan fingerprint density at radius 2 is 0.562 bits per heavy atom. The maximum atomic E-state index is 15.4. The van der Waals surface area contributed by atoms with E-state index in [1.165, 1.54) is 34.8 Å². The highest BCUT2D eigenvalue weighted by Gasteiger charge is 2.59. The number of carbonyl (C=O) groups is 15. The number of esters is 10. The molecule has 4 heterocycles. The van der Waals surface area contributed by atoms with E-state index in [1.54, 1.807) is 128 Å². The zero-order chi connectivity index (χ0) is 99.8. The van der Waals surface area contributed by atoms with E-state index in [1.807, 2.05) is 0 Å². The molecule has 41 nitrogen and oxygen atoms in total. The lowest BCUT2D eigenvalue weighted by molar-refractivity contribution is -0.394. The average Bonchev–Trinajstić information content (AvgIpc) is 0.828. The number of hydrogen-bond donors (Lipinski definition) is 4. The molecule has 4 N–H and O–H groups in total. The Morgan fingerprint density at radius 1 is 0.292 bits per heavy atom. The fraction of sp³-hybridized carbons (Fsp3) is 0.594. The van der Waals surface area contributed by atoms with Gasteiger partial charge in [0.2, 0.25) is 0 Å². The van der Waals surface area contributed by atoms with Crippen LogP contribution in [-0.2, 0) is 203 Å². The molecular formula is C96H128N4O37. The fourth-order valence-corrected chi connectivity index (χ4v) is 15.5. The second-order valence-corrected chi connectivity index (χ2v) is 33.1. The van der Waals surface area contributed by atoms with Gasteiger partial charge in [-0.05, 0) is 69.7 Å². The van der Waals surface area contributed by atoms with Crippen LogP contribution in [0.1, 0.15) is 176 Å². The van der Waals surface area contributed by atoms with E-state index in [2.05, 4.69) is 21.3 Å². The van der Waals surface area contributed by atoms with Gasteiger partial charge in [-0.2, -0.15) is 0 Å². The van der Waals surface area contributed by atoms with Gasteiger partial charge in [-0.25, -0.2) is 0 Å². The zero-order valence-electron chi connectivity index (χ0n) is 79.4. The van der Waals surface area contributed by atoms with Crippen LogP contribution in [0.4, 0.5) is 0 Å². The van der Waals surface area contributed by atoms with Crippen LogP contribution < -0.4 is 21.3 Å². The quantitative estimate of drug-likeness (QED) is 0.0224. The van der Waals surface area contributed by atoms with Crippen LogP contribution in [0.25, 0.3) is 0 Å². The molecule has 4 aromatic rings. The predicted molar refractivity (Wildman–Crippen MR) is 473 cm³/mol. The predicted octanol–water partition coefficient (Wildman–Crippen LogP) is 5.97. The van der Waals surface area contributed by atoms with E-state index in [4.69, 9.17) is 104 Å². The number of methoxy groups -OCH3 is 1. The monoisotopic (exact) mass is 1930 g/mol. The van der Waals surface area contributed by atoms with Gasteiger partial charge in [0, 0.05) is 101 Å². The Bertz CT molecular complexity index is 4560. The first-order chi connectivity index (χ1) is 65.4. The smallest absolute Gasteiger partial charge is 0.306 e. The summed E-state index contributed by atoms with van der Waals surface area (Å²) in [6.07, 6.45) is -35.2. The van der Waals surface area contributed by atoms with Crippen molar-refractivity contribution >= 4 is 89.1 Å². The van der Waals surface area contributed by atoms with E-state index in [9.17, 15) is 57.5 Å². The summed E-state index contributed by atoms with van der Waals surface area (Å²) >= 11 is 0. The zero-order valence-corrected chi connectivity index (χ0v) is 79.4. The van der Waals surface area contributed by atoms with Crippen molar-refractivity contribution < 1.29 is 176 Å². The molecule has 24 atom stereocenters. The van der Waals surface area contributed by atoms with Gasteiger partial charge in [0.15, 0.2) is 55.7 Å². The summed E-state index contributed by atoms with van der Waals surface area (Å²) in [6, 6.07) is 28.7. The summed E-state index contributed by atoms with van der Waals surface area (Å²) in [7, 11) is 1.26. The Kier molecular flexibility index (Phi) is 46.3. The first-order valence-corrected chi connectivity index (χ1v) is 45.5. The molecule has 0 bridgehead atoms. The minimum absolute atomic E-state index is 0.0627. The summed E-state index contributed by atoms with van der Waals surface area (Å²) < 4.78 is 141. The second kappa shape index (κ2) is 57.1. The van der Waals surface area contributed by atoms with Crippen molar-refractivity contribution in [1.82, 2.24) is 21.3 Å². The molecule has 41 heteroatoms. The van der Waals surface area contributed by atoms with Gasteiger partial charge in [0.1, 0.15) is 48.5 Å². The number of carbonyl (C=O) groups excluding carboxylic acids is 15. The van der Waals surface area contributed by atoms with Crippen LogP contribution in [0.2, 0.25) is 0 Å². The van der Waals surface area contributed by atoms with E-state index in [0.29, 0.717) is 35.1 Å². The largest absolute Gasteiger partial charge is 0.469 e. The van der Waals surface area contributed by atoms with Crippen molar-refractivity contribution in [2.24, 2.45) is 0 Å². The van der Waals surface area contributed by atoms with Crippen LogP contribution >= 0.6 is 0 Å². The Hall–Kier alpha value is -11.3. The summed E-state index contributed by atoms with van der Waals surface area (Å²) in [5.41, 5.74) is 2.14. The number of nitrogens with one attached hydrogen (secondary N) is 4. The van der Waals surface area contributed by atoms with Crippen LogP contribution in [0.5, 0.6) is 0 Å².